The van der Waals surface area contributed by atoms with Crippen molar-refractivity contribution >= 4 is 39.5 Å². The molecule has 9 heteroatoms. The predicted octanol–water partition coefficient (Wildman–Crippen LogP) is 3.95. The smallest absolute Gasteiger partial charge is 0.318 e. The number of anilines is 2. The summed E-state index contributed by atoms with van der Waals surface area (Å²) in [6, 6.07) is 18.7. The molecule has 0 spiro atoms. The maximum Gasteiger partial charge on any atom is 0.318 e. The molecule has 1 aliphatic carbocycles. The monoisotopic (exact) mass is 475 g/mol. The number of fused-ring (bicyclic) bond motifs is 1. The lowest BCUT2D eigenvalue weighted by Gasteiger charge is -2.16. The zero-order valence-corrected chi connectivity index (χ0v) is 19.8. The topological polar surface area (TPSA) is 112 Å². The Hall–Kier alpha value is -3.72. The SMILES string of the molecule is CCOC(=O)C1(c2cc(-c3ccc(NS(=O)c4ccccc4)cc3)c3c(N)nn(C)c3n2)CC1. The number of carbonyl (C=O) groups is 1. The number of nitrogen functional groups attached to an aromatic ring is 1. The van der Waals surface area contributed by atoms with Crippen molar-refractivity contribution in [3.8, 4) is 11.1 Å². The molecule has 0 saturated heterocycles. The third-order valence-corrected chi connectivity index (χ3v) is 7.21. The normalized spacial score (nSPS) is 15.1. The van der Waals surface area contributed by atoms with E-state index in [9.17, 15) is 9.00 Å². The van der Waals surface area contributed by atoms with Crippen LogP contribution in [0.5, 0.6) is 0 Å². The summed E-state index contributed by atoms with van der Waals surface area (Å²) in [7, 11) is 0.419. The molecule has 0 aliphatic heterocycles. The maximum absolute atomic E-state index is 12.7. The van der Waals surface area contributed by atoms with Crippen LogP contribution in [0.3, 0.4) is 0 Å². The van der Waals surface area contributed by atoms with Crippen molar-refractivity contribution in [3.05, 3.63) is 66.4 Å². The number of esters is 1. The Balaban J connectivity index is 1.53. The van der Waals surface area contributed by atoms with Gasteiger partial charge in [-0.05, 0) is 61.2 Å². The number of aryl methyl sites for hydroxylation is 1. The van der Waals surface area contributed by atoms with Crippen molar-refractivity contribution in [3.63, 3.8) is 0 Å². The van der Waals surface area contributed by atoms with Gasteiger partial charge in [-0.2, -0.15) is 5.10 Å². The van der Waals surface area contributed by atoms with Gasteiger partial charge in [0.05, 0.1) is 22.6 Å². The second-order valence-corrected chi connectivity index (χ2v) is 9.54. The van der Waals surface area contributed by atoms with Gasteiger partial charge in [-0.25, -0.2) is 13.9 Å². The number of rotatable bonds is 7. The van der Waals surface area contributed by atoms with E-state index in [0.29, 0.717) is 41.5 Å². The highest BCUT2D eigenvalue weighted by atomic mass is 32.2. The fourth-order valence-electron chi connectivity index (χ4n) is 4.14. The lowest BCUT2D eigenvalue weighted by Crippen LogP contribution is -2.24. The molecule has 0 amide bonds. The summed E-state index contributed by atoms with van der Waals surface area (Å²) in [5, 5.41) is 5.09. The van der Waals surface area contributed by atoms with Crippen molar-refractivity contribution in [1.29, 1.82) is 0 Å². The van der Waals surface area contributed by atoms with Gasteiger partial charge < -0.3 is 15.2 Å². The van der Waals surface area contributed by atoms with Crippen LogP contribution in [0.1, 0.15) is 25.5 Å². The van der Waals surface area contributed by atoms with E-state index in [4.69, 9.17) is 15.5 Å². The molecule has 0 bridgehead atoms. The second kappa shape index (κ2) is 8.57. The number of nitrogens with zero attached hydrogens (tertiary/aromatic N) is 3. The molecule has 5 rings (SSSR count). The number of ether oxygens (including phenoxy) is 1. The van der Waals surface area contributed by atoms with Crippen molar-refractivity contribution in [2.24, 2.45) is 7.05 Å². The molecule has 3 N–H and O–H groups in total. The zero-order valence-electron chi connectivity index (χ0n) is 18.9. The van der Waals surface area contributed by atoms with E-state index < -0.39 is 16.4 Å². The Morgan fingerprint density at radius 3 is 2.53 bits per heavy atom. The van der Waals surface area contributed by atoms with Crippen LogP contribution in [0.15, 0.2) is 65.6 Å². The summed E-state index contributed by atoms with van der Waals surface area (Å²) in [5.74, 6) is 0.130. The Labute approximate surface area is 199 Å². The molecule has 1 saturated carbocycles. The van der Waals surface area contributed by atoms with E-state index in [1.54, 1.807) is 18.7 Å². The van der Waals surface area contributed by atoms with Crippen LogP contribution in [0, 0.1) is 0 Å². The zero-order chi connectivity index (χ0) is 23.9. The minimum absolute atomic E-state index is 0.245. The summed E-state index contributed by atoms with van der Waals surface area (Å²) in [4.78, 5) is 18.2. The highest BCUT2D eigenvalue weighted by molar-refractivity contribution is 7.86. The first kappa shape index (κ1) is 22.1. The van der Waals surface area contributed by atoms with Crippen molar-refractivity contribution in [2.75, 3.05) is 17.1 Å². The Kier molecular flexibility index (Phi) is 5.57. The van der Waals surface area contributed by atoms with Gasteiger partial charge >= 0.3 is 5.97 Å². The highest BCUT2D eigenvalue weighted by Gasteiger charge is 2.54. The quantitative estimate of drug-likeness (QED) is 0.392. The van der Waals surface area contributed by atoms with Crippen LogP contribution in [-0.4, -0.2) is 31.5 Å². The van der Waals surface area contributed by atoms with Crippen LogP contribution in [0.4, 0.5) is 11.5 Å². The van der Waals surface area contributed by atoms with Gasteiger partial charge in [0.1, 0.15) is 16.4 Å². The molecular formula is C25H25N5O3S. The number of carbonyl (C=O) groups excluding carboxylic acids is 1. The summed E-state index contributed by atoms with van der Waals surface area (Å²) in [5.41, 5.74) is 9.27. The maximum atomic E-state index is 12.7. The molecule has 1 fully saturated rings. The number of pyridine rings is 1. The van der Waals surface area contributed by atoms with E-state index in [0.717, 1.165) is 22.2 Å². The van der Waals surface area contributed by atoms with Gasteiger partial charge in [-0.1, -0.05) is 30.3 Å². The van der Waals surface area contributed by atoms with E-state index in [1.165, 1.54) is 0 Å². The molecule has 2 aromatic carbocycles. The van der Waals surface area contributed by atoms with Gasteiger partial charge in [0.2, 0.25) is 0 Å². The molecule has 1 unspecified atom stereocenters. The minimum atomic E-state index is -1.37. The largest absolute Gasteiger partial charge is 0.465 e. The minimum Gasteiger partial charge on any atom is -0.465 e. The van der Waals surface area contributed by atoms with Gasteiger partial charge in [-0.15, -0.1) is 0 Å². The first-order valence-corrected chi connectivity index (χ1v) is 12.2. The summed E-state index contributed by atoms with van der Waals surface area (Å²) < 4.78 is 22.6. The van der Waals surface area contributed by atoms with Crippen molar-refractivity contribution < 1.29 is 13.7 Å². The average molecular weight is 476 g/mol. The standard InChI is InChI=1S/C25H25N5O3S/c1-3-33-24(31)25(13-14-25)20-15-19(21-22(26)28-30(2)23(21)27-20)16-9-11-17(12-10-16)29-34(32)18-7-5-4-6-8-18/h4-12,15,29H,3,13-14H2,1-2H3,(H2,26,28). The van der Waals surface area contributed by atoms with Crippen LogP contribution in [-0.2, 0) is 33.0 Å². The van der Waals surface area contributed by atoms with Gasteiger partial charge in [0.15, 0.2) is 11.5 Å². The molecule has 4 aromatic rings. The lowest BCUT2D eigenvalue weighted by atomic mass is 9.95. The fraction of sp³-hybridized carbons (Fsp3) is 0.240. The third kappa shape index (κ3) is 3.81. The Bertz CT molecular complexity index is 1400. The van der Waals surface area contributed by atoms with Gasteiger partial charge in [0, 0.05) is 12.7 Å². The molecule has 1 aliphatic rings. The van der Waals surface area contributed by atoms with E-state index in [-0.39, 0.29) is 5.97 Å². The van der Waals surface area contributed by atoms with E-state index >= 15 is 0 Å². The summed E-state index contributed by atoms with van der Waals surface area (Å²) in [6.07, 6.45) is 1.40. The van der Waals surface area contributed by atoms with Gasteiger partial charge in [-0.3, -0.25) is 4.79 Å². The summed E-state index contributed by atoms with van der Waals surface area (Å²) in [6.45, 7) is 2.13. The van der Waals surface area contributed by atoms with Crippen molar-refractivity contribution in [1.82, 2.24) is 14.8 Å². The van der Waals surface area contributed by atoms with E-state index in [2.05, 4.69) is 9.82 Å². The van der Waals surface area contributed by atoms with Crippen LogP contribution in [0.2, 0.25) is 0 Å². The molecule has 8 nitrogen and oxygen atoms in total. The van der Waals surface area contributed by atoms with Crippen molar-refractivity contribution in [2.45, 2.75) is 30.1 Å². The molecule has 0 radical (unpaired) electrons. The number of nitrogens with two attached hydrogens (primary N) is 1. The number of benzene rings is 2. The Morgan fingerprint density at radius 2 is 1.88 bits per heavy atom. The van der Waals surface area contributed by atoms with E-state index in [1.807, 2.05) is 60.7 Å². The molecule has 34 heavy (non-hydrogen) atoms. The van der Waals surface area contributed by atoms with Crippen LogP contribution < -0.4 is 10.5 Å². The fourth-order valence-corrected chi connectivity index (χ4v) is 5.01. The van der Waals surface area contributed by atoms with Crippen LogP contribution in [0.25, 0.3) is 22.2 Å². The lowest BCUT2D eigenvalue weighted by molar-refractivity contribution is -0.146. The highest BCUT2D eigenvalue weighted by Crippen LogP contribution is 2.50. The van der Waals surface area contributed by atoms with Crippen LogP contribution >= 0.6 is 0 Å². The molecule has 174 valence electrons. The first-order chi connectivity index (χ1) is 16.4. The van der Waals surface area contributed by atoms with Gasteiger partial charge in [0.25, 0.3) is 0 Å². The molecular weight excluding hydrogens is 450 g/mol. The second-order valence-electron chi connectivity index (χ2n) is 8.33. The Morgan fingerprint density at radius 1 is 1.18 bits per heavy atom. The summed E-state index contributed by atoms with van der Waals surface area (Å²) >= 11 is 0. The third-order valence-electron chi connectivity index (χ3n) is 6.09. The predicted molar refractivity (Wildman–Crippen MR) is 132 cm³/mol. The average Bonchev–Trinajstić information content (AvgIpc) is 3.61. The number of aromatic nitrogens is 3. The first-order valence-electron chi connectivity index (χ1n) is 11.1. The number of hydrogen-bond donors (Lipinski definition) is 2. The molecule has 2 heterocycles. The molecule has 2 aromatic heterocycles. The number of hydrogen-bond acceptors (Lipinski definition) is 6. The molecule has 1 atom stereocenters. The number of nitrogens with one attached hydrogen (secondary N) is 1.